The topological polar surface area (TPSA) is 74.2 Å². The van der Waals surface area contributed by atoms with E-state index in [0.29, 0.717) is 5.75 Å². The molecular weight excluding hydrogens is 475 g/mol. The Labute approximate surface area is 217 Å². The van der Waals surface area contributed by atoms with Crippen LogP contribution < -0.4 is 9.78 Å². The second-order valence-corrected chi connectivity index (χ2v) is 14.1. The van der Waals surface area contributed by atoms with Crippen LogP contribution in [-0.2, 0) is 35.6 Å². The Morgan fingerprint density at radius 3 is 1.44 bits per heavy atom. The molecule has 6 nitrogen and oxygen atoms in total. The van der Waals surface area contributed by atoms with Gasteiger partial charge in [0, 0.05) is 16.5 Å². The molecule has 2 aromatic carbocycles. The highest BCUT2D eigenvalue weighted by Gasteiger charge is 2.31. The number of allylic oxidation sites excluding steroid dienone is 1. The van der Waals surface area contributed by atoms with Gasteiger partial charge in [0.25, 0.3) is 0 Å². The number of benzene rings is 2. The van der Waals surface area contributed by atoms with Crippen LogP contribution in [0.5, 0.6) is 11.5 Å². The van der Waals surface area contributed by atoms with E-state index in [2.05, 4.69) is 48.1 Å². The summed E-state index contributed by atoms with van der Waals surface area (Å²) in [5, 5.41) is 0. The molecule has 0 spiro atoms. The third kappa shape index (κ3) is 7.69. The van der Waals surface area contributed by atoms with Crippen molar-refractivity contribution in [3.05, 3.63) is 71.3 Å². The van der Waals surface area contributed by atoms with Gasteiger partial charge in [0.05, 0.1) is 0 Å². The lowest BCUT2D eigenvalue weighted by atomic mass is 9.79. The molecule has 200 valence electrons. The summed E-state index contributed by atoms with van der Waals surface area (Å²) in [5.41, 5.74) is 2.86. The smallest absolute Gasteiger partial charge is 0.327 e. The first kappa shape index (κ1) is 30.1. The molecule has 0 aromatic heterocycles. The minimum atomic E-state index is -4.74. The van der Waals surface area contributed by atoms with Crippen LogP contribution in [0, 0.1) is 0 Å². The second-order valence-electron chi connectivity index (χ2n) is 12.9. The van der Waals surface area contributed by atoms with Gasteiger partial charge in [0.2, 0.25) is 0 Å². The van der Waals surface area contributed by atoms with Gasteiger partial charge in [-0.25, -0.2) is 4.57 Å². The Morgan fingerprint density at radius 1 is 0.694 bits per heavy atom. The lowest BCUT2D eigenvalue weighted by molar-refractivity contribution is -0.188. The molecular formula is C29H43O6P. The Hall–Kier alpha value is -2.11. The van der Waals surface area contributed by atoms with Crippen molar-refractivity contribution in [3.8, 4) is 11.5 Å². The molecule has 36 heavy (non-hydrogen) atoms. The average Bonchev–Trinajstić information content (AvgIpc) is 2.74. The van der Waals surface area contributed by atoms with Crippen molar-refractivity contribution in [1.29, 1.82) is 0 Å². The van der Waals surface area contributed by atoms with E-state index in [0.717, 1.165) is 22.3 Å². The lowest BCUT2D eigenvalue weighted by Crippen LogP contribution is -2.19. The summed E-state index contributed by atoms with van der Waals surface area (Å²) in [5.74, 6) is 0.618. The van der Waals surface area contributed by atoms with Crippen LogP contribution in [0.4, 0.5) is 0 Å². The van der Waals surface area contributed by atoms with E-state index in [1.54, 1.807) is 18.2 Å². The summed E-state index contributed by atoms with van der Waals surface area (Å²) in [6, 6.07) is 11.3. The summed E-state index contributed by atoms with van der Waals surface area (Å²) in [6.45, 7) is 26.6. The third-order valence-corrected chi connectivity index (χ3v) is 6.67. The maximum absolute atomic E-state index is 12.6. The van der Waals surface area contributed by atoms with E-state index in [-0.39, 0.29) is 22.0 Å². The van der Waals surface area contributed by atoms with E-state index in [9.17, 15) is 9.46 Å². The van der Waals surface area contributed by atoms with Gasteiger partial charge in [-0.05, 0) is 39.5 Å². The molecule has 1 N–H and O–H groups in total. The zero-order chi connectivity index (χ0) is 27.7. The Balaban J connectivity index is 2.26. The van der Waals surface area contributed by atoms with Crippen LogP contribution in [0.3, 0.4) is 0 Å². The summed E-state index contributed by atoms with van der Waals surface area (Å²) in [6.07, 6.45) is 1.79. The first-order chi connectivity index (χ1) is 16.2. The second kappa shape index (κ2) is 10.3. The van der Waals surface area contributed by atoms with Gasteiger partial charge < -0.3 is 9.78 Å². The van der Waals surface area contributed by atoms with Gasteiger partial charge in [-0.2, -0.15) is 0 Å². The number of rotatable bonds is 8. The van der Waals surface area contributed by atoms with E-state index < -0.39 is 13.2 Å². The highest BCUT2D eigenvalue weighted by atomic mass is 31.2. The van der Waals surface area contributed by atoms with Crippen molar-refractivity contribution in [2.45, 2.75) is 97.8 Å². The highest BCUT2D eigenvalue weighted by molar-refractivity contribution is 7.47. The van der Waals surface area contributed by atoms with Crippen molar-refractivity contribution in [2.24, 2.45) is 0 Å². The van der Waals surface area contributed by atoms with Crippen molar-refractivity contribution in [2.75, 3.05) is 0 Å². The first-order valence-electron chi connectivity index (χ1n) is 12.2. The highest BCUT2D eigenvalue weighted by Crippen LogP contribution is 2.47. The third-order valence-electron chi connectivity index (χ3n) is 6.15. The normalized spacial score (nSPS) is 14.8. The zero-order valence-corrected chi connectivity index (χ0v) is 24.6. The van der Waals surface area contributed by atoms with Crippen LogP contribution >= 0.6 is 7.82 Å². The minimum absolute atomic E-state index is 0.0674. The minimum Gasteiger partial charge on any atom is -0.327 e. The summed E-state index contributed by atoms with van der Waals surface area (Å²) in [4.78, 5) is 21.0. The Morgan fingerprint density at radius 2 is 1.08 bits per heavy atom. The maximum atomic E-state index is 12.6. The zero-order valence-electron chi connectivity index (χ0n) is 23.7. The predicted molar refractivity (Wildman–Crippen MR) is 145 cm³/mol. The summed E-state index contributed by atoms with van der Waals surface area (Å²) in [7, 11) is -4.74. The fourth-order valence-electron chi connectivity index (χ4n) is 3.52. The van der Waals surface area contributed by atoms with E-state index in [1.165, 1.54) is 0 Å². The number of hydrogen-bond acceptors (Lipinski definition) is 5. The van der Waals surface area contributed by atoms with Crippen LogP contribution in [0.15, 0.2) is 49.1 Å². The molecule has 0 aliphatic carbocycles. The van der Waals surface area contributed by atoms with Gasteiger partial charge in [0.15, 0.2) is 11.5 Å². The van der Waals surface area contributed by atoms with Crippen LogP contribution in [0.25, 0.3) is 0 Å². The number of phosphoric acid groups is 1. The van der Waals surface area contributed by atoms with Gasteiger partial charge in [-0.15, -0.1) is 6.58 Å². The monoisotopic (exact) mass is 518 g/mol. The first-order valence-corrected chi connectivity index (χ1v) is 13.7. The molecule has 0 aliphatic heterocycles. The van der Waals surface area contributed by atoms with E-state index in [1.807, 2.05) is 58.9 Å². The van der Waals surface area contributed by atoms with Crippen LogP contribution in [-0.4, -0.2) is 4.89 Å². The molecule has 0 radical (unpaired) electrons. The molecule has 2 aromatic rings. The van der Waals surface area contributed by atoms with E-state index >= 15 is 0 Å². The van der Waals surface area contributed by atoms with Crippen molar-refractivity contribution in [1.82, 2.24) is 0 Å². The maximum Gasteiger partial charge on any atom is 0.544 e. The molecule has 7 heteroatoms. The van der Waals surface area contributed by atoms with Gasteiger partial charge in [-0.1, -0.05) is 116 Å². The molecule has 1 atom stereocenters. The molecule has 0 aliphatic rings. The lowest BCUT2D eigenvalue weighted by Gasteiger charge is -2.27. The van der Waals surface area contributed by atoms with Crippen molar-refractivity contribution < 1.29 is 28.6 Å². The van der Waals surface area contributed by atoms with Crippen molar-refractivity contribution in [3.63, 3.8) is 0 Å². The molecule has 0 saturated carbocycles. The summed E-state index contributed by atoms with van der Waals surface area (Å²) < 4.78 is 22.4. The van der Waals surface area contributed by atoms with E-state index in [4.69, 9.17) is 19.1 Å². The Bertz CT molecular complexity index is 1130. The molecule has 0 amide bonds. The average molecular weight is 519 g/mol. The largest absolute Gasteiger partial charge is 0.544 e. The standard InChI is InChI=1S/C29H43O6P/c1-13-29(11,12)23-19-21(27(5,6)7)15-17-25(23)33-35-36(30,31)34-32-24-16-14-20(26(2,3)4)18-22(24)28(8,9)10/h13-19H,1H2,2-12H3,(H,30,31). The number of hydrogen-bond donors (Lipinski definition) is 1. The molecule has 0 fully saturated rings. The van der Waals surface area contributed by atoms with Gasteiger partial charge >= 0.3 is 7.82 Å². The quantitative estimate of drug-likeness (QED) is 0.163. The molecule has 0 bridgehead atoms. The van der Waals surface area contributed by atoms with Gasteiger partial charge in [-0.3, -0.25) is 4.89 Å². The molecule has 0 heterocycles. The summed E-state index contributed by atoms with van der Waals surface area (Å²) >= 11 is 0. The SMILES string of the molecule is C=CC(C)(C)c1cc(C(C)(C)C)ccc1OOP(=O)(O)OOc1ccc(C(C)(C)C)cc1C(C)(C)C. The fourth-order valence-corrected chi connectivity index (χ4v) is 3.90. The van der Waals surface area contributed by atoms with Gasteiger partial charge in [0.1, 0.15) is 0 Å². The van der Waals surface area contributed by atoms with Crippen LogP contribution in [0.2, 0.25) is 0 Å². The molecule has 2 rings (SSSR count). The predicted octanol–water partition coefficient (Wildman–Crippen LogP) is 8.46. The van der Waals surface area contributed by atoms with Crippen molar-refractivity contribution >= 4 is 7.82 Å². The fraction of sp³-hybridized carbons (Fsp3) is 0.517. The Kier molecular flexibility index (Phi) is 8.65. The molecule has 0 saturated heterocycles. The van der Waals surface area contributed by atoms with Crippen LogP contribution in [0.1, 0.15) is 98.4 Å². The molecule has 1 unspecified atom stereocenters.